The third kappa shape index (κ3) is 4.52. The predicted octanol–water partition coefficient (Wildman–Crippen LogP) is 4.13. The summed E-state index contributed by atoms with van der Waals surface area (Å²) in [5.41, 5.74) is 1.48. The fraction of sp³-hybridized carbons (Fsp3) is 0.500. The Kier molecular flexibility index (Phi) is 4.99. The molecule has 0 saturated carbocycles. The van der Waals surface area contributed by atoms with Crippen LogP contribution in [0.15, 0.2) is 36.4 Å². The molecule has 1 fully saturated rings. The second-order valence-electron chi connectivity index (χ2n) is 6.43. The highest BCUT2D eigenvalue weighted by Crippen LogP contribution is 2.28. The van der Waals surface area contributed by atoms with E-state index >= 15 is 0 Å². The average Bonchev–Trinajstić information content (AvgIpc) is 2.43. The highest BCUT2D eigenvalue weighted by atomic mass is 16.2. The van der Waals surface area contributed by atoms with Crippen LogP contribution in [0.25, 0.3) is 6.08 Å². The van der Waals surface area contributed by atoms with Crippen LogP contribution in [0.5, 0.6) is 0 Å². The third-order valence-corrected chi connectivity index (χ3v) is 3.89. The molecule has 1 aliphatic rings. The van der Waals surface area contributed by atoms with Crippen LogP contribution in [0, 0.1) is 5.41 Å². The Balaban J connectivity index is 1.76. The lowest BCUT2D eigenvalue weighted by molar-refractivity contribution is -0.134. The summed E-state index contributed by atoms with van der Waals surface area (Å²) in [5, 5.41) is 0. The maximum Gasteiger partial charge on any atom is 0.222 e. The van der Waals surface area contributed by atoms with Crippen molar-refractivity contribution in [3.05, 3.63) is 42.0 Å². The van der Waals surface area contributed by atoms with Gasteiger partial charge in [0, 0.05) is 19.5 Å². The molecule has 0 N–H and O–H groups in total. The molecule has 0 unspecified atom stereocenters. The number of piperidine rings is 1. The van der Waals surface area contributed by atoms with Gasteiger partial charge >= 0.3 is 0 Å². The Hall–Kier alpha value is -1.57. The number of hydrogen-bond donors (Lipinski definition) is 0. The normalized spacial score (nSPS) is 18.4. The topological polar surface area (TPSA) is 20.3 Å². The van der Waals surface area contributed by atoms with E-state index in [9.17, 15) is 4.79 Å². The number of carbonyl (C=O) groups is 1. The molecule has 0 radical (unpaired) electrons. The average molecular weight is 271 g/mol. The van der Waals surface area contributed by atoms with E-state index in [4.69, 9.17) is 0 Å². The Bertz CT molecular complexity index is 462. The van der Waals surface area contributed by atoms with Gasteiger partial charge in [-0.15, -0.1) is 0 Å². The SMILES string of the molecule is CC1(C)CCCN(C(=O)CC/C=C/c2ccccc2)C1. The molecule has 1 saturated heterocycles. The molecule has 1 aliphatic heterocycles. The van der Waals surface area contributed by atoms with Crippen molar-refractivity contribution in [3.63, 3.8) is 0 Å². The molecular formula is C18H25NO. The predicted molar refractivity (Wildman–Crippen MR) is 84.3 cm³/mol. The summed E-state index contributed by atoms with van der Waals surface area (Å²) in [6.07, 6.45) is 8.00. The molecule has 0 bridgehead atoms. The first-order chi connectivity index (χ1) is 9.57. The van der Waals surface area contributed by atoms with Crippen LogP contribution in [-0.2, 0) is 4.79 Å². The van der Waals surface area contributed by atoms with Gasteiger partial charge in [0.15, 0.2) is 0 Å². The number of carbonyl (C=O) groups excluding carboxylic acids is 1. The van der Waals surface area contributed by atoms with Crippen molar-refractivity contribution >= 4 is 12.0 Å². The number of benzene rings is 1. The first-order valence-electron chi connectivity index (χ1n) is 7.56. The molecular weight excluding hydrogens is 246 g/mol. The Morgan fingerprint density at radius 1 is 1.30 bits per heavy atom. The number of allylic oxidation sites excluding steroid dienone is 1. The lowest BCUT2D eigenvalue weighted by Crippen LogP contribution is -2.43. The Labute approximate surface area is 122 Å². The second kappa shape index (κ2) is 6.74. The molecule has 2 heteroatoms. The molecule has 1 aromatic rings. The highest BCUT2D eigenvalue weighted by Gasteiger charge is 2.28. The van der Waals surface area contributed by atoms with Crippen molar-refractivity contribution in [2.75, 3.05) is 13.1 Å². The zero-order valence-corrected chi connectivity index (χ0v) is 12.6. The van der Waals surface area contributed by atoms with Crippen LogP contribution in [0.1, 0.15) is 45.1 Å². The summed E-state index contributed by atoms with van der Waals surface area (Å²) in [5.74, 6) is 0.301. The van der Waals surface area contributed by atoms with Crippen LogP contribution in [0.3, 0.4) is 0 Å². The van der Waals surface area contributed by atoms with E-state index in [0.29, 0.717) is 12.3 Å². The monoisotopic (exact) mass is 271 g/mol. The molecule has 108 valence electrons. The minimum absolute atomic E-state index is 0.286. The van der Waals surface area contributed by atoms with Gasteiger partial charge in [-0.25, -0.2) is 0 Å². The number of rotatable bonds is 4. The number of amides is 1. The summed E-state index contributed by atoms with van der Waals surface area (Å²) in [6, 6.07) is 10.2. The summed E-state index contributed by atoms with van der Waals surface area (Å²) in [6.45, 7) is 6.35. The number of hydrogen-bond acceptors (Lipinski definition) is 1. The molecule has 0 spiro atoms. The van der Waals surface area contributed by atoms with E-state index in [1.54, 1.807) is 0 Å². The molecule has 1 amide bonds. The standard InChI is InChI=1S/C18H25NO/c1-18(2)13-8-14-19(15-18)17(20)12-7-6-11-16-9-4-3-5-10-16/h3-6,9-11H,7-8,12-15H2,1-2H3/b11-6+. The zero-order valence-electron chi connectivity index (χ0n) is 12.6. The van der Waals surface area contributed by atoms with E-state index in [-0.39, 0.29) is 5.41 Å². The van der Waals surface area contributed by atoms with Crippen molar-refractivity contribution in [3.8, 4) is 0 Å². The molecule has 1 aromatic carbocycles. The quantitative estimate of drug-likeness (QED) is 0.806. The minimum Gasteiger partial charge on any atom is -0.342 e. The van der Waals surface area contributed by atoms with Crippen LogP contribution in [0.2, 0.25) is 0 Å². The smallest absolute Gasteiger partial charge is 0.222 e. The Morgan fingerprint density at radius 3 is 2.75 bits per heavy atom. The number of likely N-dealkylation sites (tertiary alicyclic amines) is 1. The largest absolute Gasteiger partial charge is 0.342 e. The van der Waals surface area contributed by atoms with Gasteiger partial charge in [-0.1, -0.05) is 56.3 Å². The van der Waals surface area contributed by atoms with E-state index in [1.807, 2.05) is 23.1 Å². The van der Waals surface area contributed by atoms with Gasteiger partial charge < -0.3 is 4.90 Å². The molecule has 0 aliphatic carbocycles. The fourth-order valence-electron chi connectivity index (χ4n) is 2.78. The fourth-order valence-corrected chi connectivity index (χ4v) is 2.78. The van der Waals surface area contributed by atoms with Gasteiger partial charge in [0.2, 0.25) is 5.91 Å². The third-order valence-electron chi connectivity index (χ3n) is 3.89. The minimum atomic E-state index is 0.286. The molecule has 20 heavy (non-hydrogen) atoms. The maximum atomic E-state index is 12.2. The van der Waals surface area contributed by atoms with Crippen LogP contribution < -0.4 is 0 Å². The molecule has 1 heterocycles. The summed E-state index contributed by atoms with van der Waals surface area (Å²) in [4.78, 5) is 14.2. The first-order valence-corrected chi connectivity index (χ1v) is 7.56. The van der Waals surface area contributed by atoms with E-state index < -0.39 is 0 Å². The summed E-state index contributed by atoms with van der Waals surface area (Å²) >= 11 is 0. The van der Waals surface area contributed by atoms with Gasteiger partial charge in [0.25, 0.3) is 0 Å². The lowest BCUT2D eigenvalue weighted by Gasteiger charge is -2.38. The molecule has 0 atom stereocenters. The van der Waals surface area contributed by atoms with Crippen molar-refractivity contribution in [2.45, 2.75) is 39.5 Å². The molecule has 2 rings (SSSR count). The van der Waals surface area contributed by atoms with Crippen molar-refractivity contribution in [2.24, 2.45) is 5.41 Å². The van der Waals surface area contributed by atoms with Gasteiger partial charge in [-0.2, -0.15) is 0 Å². The first kappa shape index (κ1) is 14.8. The van der Waals surface area contributed by atoms with Crippen molar-refractivity contribution in [1.29, 1.82) is 0 Å². The second-order valence-corrected chi connectivity index (χ2v) is 6.43. The van der Waals surface area contributed by atoms with E-state index in [1.165, 1.54) is 12.0 Å². The van der Waals surface area contributed by atoms with Crippen molar-refractivity contribution < 1.29 is 4.79 Å². The van der Waals surface area contributed by atoms with Crippen LogP contribution in [0.4, 0.5) is 0 Å². The summed E-state index contributed by atoms with van der Waals surface area (Å²) < 4.78 is 0. The van der Waals surface area contributed by atoms with Gasteiger partial charge in [-0.05, 0) is 30.2 Å². The van der Waals surface area contributed by atoms with Gasteiger partial charge in [-0.3, -0.25) is 4.79 Å². The molecule has 2 nitrogen and oxygen atoms in total. The van der Waals surface area contributed by atoms with E-state index in [0.717, 1.165) is 25.9 Å². The Morgan fingerprint density at radius 2 is 2.05 bits per heavy atom. The zero-order chi connectivity index (χ0) is 14.4. The van der Waals surface area contributed by atoms with Crippen molar-refractivity contribution in [1.82, 2.24) is 4.90 Å². The lowest BCUT2D eigenvalue weighted by atomic mass is 9.84. The van der Waals surface area contributed by atoms with E-state index in [2.05, 4.69) is 38.1 Å². The number of nitrogens with zero attached hydrogens (tertiary/aromatic N) is 1. The molecule has 0 aromatic heterocycles. The van der Waals surface area contributed by atoms with Crippen LogP contribution >= 0.6 is 0 Å². The maximum absolute atomic E-state index is 12.2. The van der Waals surface area contributed by atoms with Gasteiger partial charge in [0.05, 0.1) is 0 Å². The highest BCUT2D eigenvalue weighted by molar-refractivity contribution is 5.76. The van der Waals surface area contributed by atoms with Crippen LogP contribution in [-0.4, -0.2) is 23.9 Å². The summed E-state index contributed by atoms with van der Waals surface area (Å²) in [7, 11) is 0. The van der Waals surface area contributed by atoms with Gasteiger partial charge in [0.1, 0.15) is 0 Å².